The van der Waals surface area contributed by atoms with Gasteiger partial charge in [-0.25, -0.2) is 0 Å². The fourth-order valence-electron chi connectivity index (χ4n) is 3.41. The average molecular weight is 410 g/mol. The van der Waals surface area contributed by atoms with Crippen molar-refractivity contribution in [2.75, 3.05) is 21.3 Å². The molecule has 0 unspecified atom stereocenters. The van der Waals surface area contributed by atoms with E-state index in [4.69, 9.17) is 14.2 Å². The van der Waals surface area contributed by atoms with Gasteiger partial charge in [0, 0.05) is 12.7 Å². The molecule has 0 aliphatic rings. The fourth-order valence-corrected chi connectivity index (χ4v) is 3.41. The van der Waals surface area contributed by atoms with Gasteiger partial charge in [0.15, 0.2) is 11.5 Å². The minimum atomic E-state index is -0.436. The number of pyridine rings is 1. The van der Waals surface area contributed by atoms with E-state index in [2.05, 4.69) is 5.32 Å². The molecule has 1 heterocycles. The van der Waals surface area contributed by atoms with Crippen LogP contribution in [0, 0.1) is 0 Å². The van der Waals surface area contributed by atoms with Gasteiger partial charge in [0.05, 0.1) is 38.3 Å². The summed E-state index contributed by atoms with van der Waals surface area (Å²) in [4.78, 5) is 26.0. The highest BCUT2D eigenvalue weighted by atomic mass is 16.5. The summed E-state index contributed by atoms with van der Waals surface area (Å²) in [5, 5.41) is 3.35. The third-order valence-corrected chi connectivity index (χ3v) is 5.13. The molecule has 0 saturated heterocycles. The minimum absolute atomic E-state index is 0.0879. The molecule has 0 aliphatic carbocycles. The summed E-state index contributed by atoms with van der Waals surface area (Å²) < 4.78 is 17.7. The monoisotopic (exact) mass is 410 g/mol. The number of hydrogen-bond acceptors (Lipinski definition) is 5. The van der Waals surface area contributed by atoms with Gasteiger partial charge in [0.25, 0.3) is 5.91 Å². The zero-order chi connectivity index (χ0) is 21.8. The molecule has 2 aromatic carbocycles. The Morgan fingerprint density at radius 2 is 1.77 bits per heavy atom. The van der Waals surface area contributed by atoms with Crippen LogP contribution in [0.4, 0.5) is 0 Å². The van der Waals surface area contributed by atoms with Gasteiger partial charge in [-0.1, -0.05) is 6.07 Å². The van der Waals surface area contributed by atoms with Gasteiger partial charge in [-0.15, -0.1) is 0 Å². The number of aryl methyl sites for hydroxylation is 1. The third kappa shape index (κ3) is 3.96. The van der Waals surface area contributed by atoms with Crippen LogP contribution in [0.25, 0.3) is 10.9 Å². The fraction of sp³-hybridized carbons (Fsp3) is 0.304. The highest BCUT2D eigenvalue weighted by molar-refractivity contribution is 5.97. The summed E-state index contributed by atoms with van der Waals surface area (Å²) in [5.74, 6) is 1.31. The van der Waals surface area contributed by atoms with Crippen LogP contribution in [0.3, 0.4) is 0 Å². The Bertz CT molecular complexity index is 1140. The van der Waals surface area contributed by atoms with Crippen LogP contribution >= 0.6 is 0 Å². The molecule has 0 fully saturated rings. The summed E-state index contributed by atoms with van der Waals surface area (Å²) in [7, 11) is 4.67. The average Bonchev–Trinajstić information content (AvgIpc) is 2.78. The number of ether oxygens (including phenoxy) is 3. The van der Waals surface area contributed by atoms with Crippen LogP contribution in [0.1, 0.15) is 35.8 Å². The first kappa shape index (κ1) is 21.2. The van der Waals surface area contributed by atoms with Gasteiger partial charge < -0.3 is 24.1 Å². The summed E-state index contributed by atoms with van der Waals surface area (Å²) in [5.41, 5.74) is 1.35. The van der Waals surface area contributed by atoms with E-state index in [9.17, 15) is 9.59 Å². The highest BCUT2D eigenvalue weighted by Gasteiger charge is 2.19. The molecule has 0 saturated carbocycles. The standard InChI is InChI=1S/C23H26N2O5/c1-6-25-13-18(22(26)17-12-16(28-3)8-9-19(17)25)23(27)24-14(2)15-7-10-20(29-4)21(11-15)30-5/h7-14H,6H2,1-5H3,(H,24,27)/t14-/m1/s1. The largest absolute Gasteiger partial charge is 0.497 e. The summed E-state index contributed by atoms with van der Waals surface area (Å²) in [6.45, 7) is 4.43. The lowest BCUT2D eigenvalue weighted by Crippen LogP contribution is -2.31. The summed E-state index contributed by atoms with van der Waals surface area (Å²) >= 11 is 0. The quantitative estimate of drug-likeness (QED) is 0.645. The zero-order valence-corrected chi connectivity index (χ0v) is 17.8. The predicted octanol–water partition coefficient (Wildman–Crippen LogP) is 3.54. The number of benzene rings is 2. The van der Waals surface area contributed by atoms with E-state index in [-0.39, 0.29) is 17.0 Å². The molecular formula is C23H26N2O5. The molecule has 0 bridgehead atoms. The van der Waals surface area contributed by atoms with E-state index in [1.807, 2.05) is 30.5 Å². The van der Waals surface area contributed by atoms with Crippen molar-refractivity contribution in [1.29, 1.82) is 0 Å². The topological polar surface area (TPSA) is 78.8 Å². The Hall–Kier alpha value is -3.48. The van der Waals surface area contributed by atoms with Gasteiger partial charge >= 0.3 is 0 Å². The lowest BCUT2D eigenvalue weighted by Gasteiger charge is -2.17. The van der Waals surface area contributed by atoms with E-state index < -0.39 is 5.91 Å². The molecule has 3 aromatic rings. The molecule has 3 rings (SSSR count). The Labute approximate surface area is 175 Å². The Morgan fingerprint density at radius 3 is 2.40 bits per heavy atom. The van der Waals surface area contributed by atoms with Gasteiger partial charge in [-0.05, 0) is 49.7 Å². The Kier molecular flexibility index (Phi) is 6.30. The van der Waals surface area contributed by atoms with Crippen LogP contribution in [-0.4, -0.2) is 31.8 Å². The maximum Gasteiger partial charge on any atom is 0.257 e. The normalized spacial score (nSPS) is 11.8. The maximum absolute atomic E-state index is 13.0. The van der Waals surface area contributed by atoms with Crippen LogP contribution in [0.5, 0.6) is 17.2 Å². The second kappa shape index (κ2) is 8.90. The van der Waals surface area contributed by atoms with E-state index >= 15 is 0 Å². The third-order valence-electron chi connectivity index (χ3n) is 5.13. The number of hydrogen-bond donors (Lipinski definition) is 1. The molecule has 7 nitrogen and oxygen atoms in total. The second-order valence-electron chi connectivity index (χ2n) is 6.85. The summed E-state index contributed by atoms with van der Waals surface area (Å²) in [6.07, 6.45) is 1.60. The van der Waals surface area contributed by atoms with Gasteiger partial charge in [-0.2, -0.15) is 0 Å². The minimum Gasteiger partial charge on any atom is -0.497 e. The molecule has 0 aliphatic heterocycles. The molecule has 30 heavy (non-hydrogen) atoms. The van der Waals surface area contributed by atoms with E-state index in [0.717, 1.165) is 11.1 Å². The highest BCUT2D eigenvalue weighted by Crippen LogP contribution is 2.30. The van der Waals surface area contributed by atoms with Gasteiger partial charge in [0.1, 0.15) is 11.3 Å². The smallest absolute Gasteiger partial charge is 0.257 e. The molecule has 1 amide bonds. The lowest BCUT2D eigenvalue weighted by molar-refractivity contribution is 0.0938. The number of fused-ring (bicyclic) bond motifs is 1. The van der Waals surface area contributed by atoms with Crippen LogP contribution < -0.4 is 25.0 Å². The van der Waals surface area contributed by atoms with E-state index in [0.29, 0.717) is 29.2 Å². The molecule has 1 aromatic heterocycles. The predicted molar refractivity (Wildman–Crippen MR) is 116 cm³/mol. The number of carbonyl (C=O) groups excluding carboxylic acids is 1. The van der Waals surface area contributed by atoms with Crippen LogP contribution in [0.15, 0.2) is 47.4 Å². The van der Waals surface area contributed by atoms with Crippen molar-refractivity contribution < 1.29 is 19.0 Å². The van der Waals surface area contributed by atoms with Crippen LogP contribution in [0.2, 0.25) is 0 Å². The molecule has 0 spiro atoms. The van der Waals surface area contributed by atoms with Crippen molar-refractivity contribution in [2.24, 2.45) is 0 Å². The molecular weight excluding hydrogens is 384 g/mol. The second-order valence-corrected chi connectivity index (χ2v) is 6.85. The van der Waals surface area contributed by atoms with E-state index in [1.54, 1.807) is 51.8 Å². The maximum atomic E-state index is 13.0. The summed E-state index contributed by atoms with van der Waals surface area (Å²) in [6, 6.07) is 10.4. The van der Waals surface area contributed by atoms with Crippen molar-refractivity contribution in [3.8, 4) is 17.2 Å². The first-order valence-corrected chi connectivity index (χ1v) is 9.67. The molecule has 1 N–H and O–H groups in total. The van der Waals surface area contributed by atoms with Crippen molar-refractivity contribution in [2.45, 2.75) is 26.4 Å². The number of carbonyl (C=O) groups is 1. The SMILES string of the molecule is CCn1cc(C(=O)N[C@H](C)c2ccc(OC)c(OC)c2)c(=O)c2cc(OC)ccc21. The Morgan fingerprint density at radius 1 is 1.03 bits per heavy atom. The zero-order valence-electron chi connectivity index (χ0n) is 17.8. The number of nitrogens with one attached hydrogen (secondary N) is 1. The van der Waals surface area contributed by atoms with E-state index in [1.165, 1.54) is 0 Å². The molecule has 7 heteroatoms. The molecule has 0 radical (unpaired) electrons. The molecule has 1 atom stereocenters. The number of rotatable bonds is 7. The van der Waals surface area contributed by atoms with Crippen molar-refractivity contribution in [1.82, 2.24) is 9.88 Å². The Balaban J connectivity index is 1.96. The number of aromatic nitrogens is 1. The van der Waals surface area contributed by atoms with Gasteiger partial charge in [0.2, 0.25) is 5.43 Å². The number of amides is 1. The first-order valence-electron chi connectivity index (χ1n) is 9.67. The number of nitrogens with zero attached hydrogens (tertiary/aromatic N) is 1. The lowest BCUT2D eigenvalue weighted by atomic mass is 10.1. The first-order chi connectivity index (χ1) is 14.4. The van der Waals surface area contributed by atoms with Crippen LogP contribution in [-0.2, 0) is 6.54 Å². The van der Waals surface area contributed by atoms with Crippen molar-refractivity contribution >= 4 is 16.8 Å². The van der Waals surface area contributed by atoms with Crippen molar-refractivity contribution in [3.05, 3.63) is 63.9 Å². The van der Waals surface area contributed by atoms with Gasteiger partial charge in [-0.3, -0.25) is 9.59 Å². The molecule has 158 valence electrons. The van der Waals surface area contributed by atoms with Crippen molar-refractivity contribution in [3.63, 3.8) is 0 Å². The number of methoxy groups -OCH3 is 3.